The summed E-state index contributed by atoms with van der Waals surface area (Å²) in [5.74, 6) is 0. The van der Waals surface area contributed by atoms with Crippen molar-refractivity contribution in [2.75, 3.05) is 0 Å². The van der Waals surface area contributed by atoms with E-state index in [0.717, 1.165) is 16.5 Å². The van der Waals surface area contributed by atoms with E-state index in [9.17, 15) is 0 Å². The molecule has 2 aromatic heterocycles. The minimum absolute atomic E-state index is 0.471. The molecule has 3 aromatic rings. The molecule has 0 atom stereocenters. The van der Waals surface area contributed by atoms with Crippen LogP contribution in [0.2, 0.25) is 5.15 Å². The Balaban J connectivity index is 2.30. The van der Waals surface area contributed by atoms with Crippen LogP contribution in [0.1, 0.15) is 0 Å². The van der Waals surface area contributed by atoms with E-state index in [0.29, 0.717) is 5.15 Å². The SMILES string of the molecule is Clc1ncc2c3c(ccnc13)-c1ccccc1-2. The van der Waals surface area contributed by atoms with Crippen molar-refractivity contribution < 1.29 is 0 Å². The molecule has 0 unspecified atom stereocenters. The van der Waals surface area contributed by atoms with Crippen molar-refractivity contribution in [1.82, 2.24) is 9.97 Å². The van der Waals surface area contributed by atoms with E-state index in [2.05, 4.69) is 22.1 Å². The molecule has 0 saturated heterocycles. The van der Waals surface area contributed by atoms with Crippen LogP contribution in [-0.2, 0) is 0 Å². The normalized spacial score (nSPS) is 11.8. The van der Waals surface area contributed by atoms with Crippen LogP contribution in [0.3, 0.4) is 0 Å². The Hall–Kier alpha value is -1.93. The van der Waals surface area contributed by atoms with Crippen LogP contribution < -0.4 is 0 Å². The van der Waals surface area contributed by atoms with Crippen LogP contribution in [0.25, 0.3) is 33.2 Å². The molecule has 0 amide bonds. The molecule has 2 nitrogen and oxygen atoms in total. The largest absolute Gasteiger partial charge is 0.253 e. The maximum absolute atomic E-state index is 6.10. The van der Waals surface area contributed by atoms with Gasteiger partial charge in [0.05, 0.1) is 0 Å². The Labute approximate surface area is 103 Å². The van der Waals surface area contributed by atoms with E-state index in [-0.39, 0.29) is 0 Å². The molecule has 1 aromatic carbocycles. The van der Waals surface area contributed by atoms with E-state index < -0.39 is 0 Å². The second-order valence-electron chi connectivity index (χ2n) is 4.09. The maximum atomic E-state index is 6.10. The number of hydrogen-bond donors (Lipinski definition) is 0. The van der Waals surface area contributed by atoms with E-state index in [1.165, 1.54) is 16.7 Å². The van der Waals surface area contributed by atoms with Gasteiger partial charge in [-0.1, -0.05) is 35.9 Å². The van der Waals surface area contributed by atoms with Gasteiger partial charge in [0.15, 0.2) is 5.15 Å². The summed E-state index contributed by atoms with van der Waals surface area (Å²) < 4.78 is 0. The Bertz CT molecular complexity index is 736. The Kier molecular flexibility index (Phi) is 1.64. The first-order valence-corrected chi connectivity index (χ1v) is 5.77. The molecule has 0 N–H and O–H groups in total. The van der Waals surface area contributed by atoms with Crippen molar-refractivity contribution in [2.24, 2.45) is 0 Å². The number of benzene rings is 1. The molecule has 1 aliphatic carbocycles. The zero-order valence-electron chi connectivity index (χ0n) is 8.81. The first-order chi connectivity index (χ1) is 8.36. The Morgan fingerprint density at radius 3 is 2.41 bits per heavy atom. The molecular formula is C14H7ClN2. The highest BCUT2D eigenvalue weighted by molar-refractivity contribution is 6.35. The average molecular weight is 239 g/mol. The van der Waals surface area contributed by atoms with Gasteiger partial charge in [-0.25, -0.2) is 4.98 Å². The summed E-state index contributed by atoms with van der Waals surface area (Å²) in [6.07, 6.45) is 3.62. The van der Waals surface area contributed by atoms with Crippen molar-refractivity contribution in [3.8, 4) is 22.3 Å². The van der Waals surface area contributed by atoms with Gasteiger partial charge in [-0.3, -0.25) is 4.98 Å². The molecule has 0 aliphatic heterocycles. The topological polar surface area (TPSA) is 25.8 Å². The molecule has 4 rings (SSSR count). The smallest absolute Gasteiger partial charge is 0.155 e. The number of fused-ring (bicyclic) bond motifs is 3. The molecule has 0 spiro atoms. The fourth-order valence-electron chi connectivity index (χ4n) is 2.52. The number of halogens is 1. The third-order valence-electron chi connectivity index (χ3n) is 3.23. The molecule has 0 saturated carbocycles. The van der Waals surface area contributed by atoms with Gasteiger partial charge in [0.25, 0.3) is 0 Å². The zero-order valence-corrected chi connectivity index (χ0v) is 9.57. The highest BCUT2D eigenvalue weighted by Gasteiger charge is 2.22. The van der Waals surface area contributed by atoms with Gasteiger partial charge < -0.3 is 0 Å². The molecule has 80 valence electrons. The highest BCUT2D eigenvalue weighted by atomic mass is 35.5. The predicted molar refractivity (Wildman–Crippen MR) is 69.0 cm³/mol. The van der Waals surface area contributed by atoms with Crippen molar-refractivity contribution in [1.29, 1.82) is 0 Å². The molecule has 0 bridgehead atoms. The quantitative estimate of drug-likeness (QED) is 0.434. The van der Waals surface area contributed by atoms with Crippen molar-refractivity contribution in [3.05, 3.63) is 47.9 Å². The first-order valence-electron chi connectivity index (χ1n) is 5.39. The zero-order chi connectivity index (χ0) is 11.4. The molecule has 1 aliphatic rings. The summed E-state index contributed by atoms with van der Waals surface area (Å²) in [5.41, 5.74) is 5.56. The van der Waals surface area contributed by atoms with Crippen LogP contribution in [0, 0.1) is 0 Å². The van der Waals surface area contributed by atoms with Crippen molar-refractivity contribution in [3.63, 3.8) is 0 Å². The monoisotopic (exact) mass is 238 g/mol. The molecule has 0 fully saturated rings. The van der Waals surface area contributed by atoms with Crippen molar-refractivity contribution >= 4 is 22.5 Å². The van der Waals surface area contributed by atoms with Crippen LogP contribution >= 0.6 is 11.6 Å². The van der Waals surface area contributed by atoms with Crippen LogP contribution in [0.5, 0.6) is 0 Å². The lowest BCUT2D eigenvalue weighted by molar-refractivity contribution is 1.32. The number of pyridine rings is 2. The lowest BCUT2D eigenvalue weighted by atomic mass is 10.1. The second kappa shape index (κ2) is 3.05. The Morgan fingerprint density at radius 1 is 0.824 bits per heavy atom. The summed E-state index contributed by atoms with van der Waals surface area (Å²) in [5, 5.41) is 1.59. The van der Waals surface area contributed by atoms with Gasteiger partial charge in [0.2, 0.25) is 0 Å². The van der Waals surface area contributed by atoms with Gasteiger partial charge in [0.1, 0.15) is 5.52 Å². The molecule has 3 heteroatoms. The maximum Gasteiger partial charge on any atom is 0.155 e. The second-order valence-corrected chi connectivity index (χ2v) is 4.45. The van der Waals surface area contributed by atoms with E-state index >= 15 is 0 Å². The van der Waals surface area contributed by atoms with Crippen LogP contribution in [0.15, 0.2) is 42.7 Å². The minimum atomic E-state index is 0.471. The number of nitrogens with zero attached hydrogens (tertiary/aromatic N) is 2. The first kappa shape index (κ1) is 9.14. The van der Waals surface area contributed by atoms with Gasteiger partial charge in [-0.05, 0) is 22.8 Å². The molecule has 2 heterocycles. The van der Waals surface area contributed by atoms with Gasteiger partial charge in [0, 0.05) is 23.3 Å². The van der Waals surface area contributed by atoms with E-state index in [1.54, 1.807) is 6.20 Å². The third kappa shape index (κ3) is 1.06. The molecule has 0 radical (unpaired) electrons. The fourth-order valence-corrected chi connectivity index (χ4v) is 2.71. The van der Waals surface area contributed by atoms with E-state index in [1.807, 2.05) is 24.4 Å². The Morgan fingerprint density at radius 2 is 1.59 bits per heavy atom. The standard InChI is InChI=1S/C14H7ClN2/c15-14-13-12-10(5-6-16-13)8-3-1-2-4-9(8)11(12)7-17-14/h1-7H. The third-order valence-corrected chi connectivity index (χ3v) is 3.51. The molecular weight excluding hydrogens is 232 g/mol. The average Bonchev–Trinajstić information content (AvgIpc) is 2.70. The molecule has 17 heavy (non-hydrogen) atoms. The van der Waals surface area contributed by atoms with Crippen LogP contribution in [-0.4, -0.2) is 9.97 Å². The lowest BCUT2D eigenvalue weighted by Crippen LogP contribution is -1.84. The highest BCUT2D eigenvalue weighted by Crippen LogP contribution is 2.46. The van der Waals surface area contributed by atoms with Gasteiger partial charge in [-0.2, -0.15) is 0 Å². The summed E-state index contributed by atoms with van der Waals surface area (Å²) in [6, 6.07) is 10.4. The summed E-state index contributed by atoms with van der Waals surface area (Å²) in [7, 11) is 0. The number of hydrogen-bond acceptors (Lipinski definition) is 2. The van der Waals surface area contributed by atoms with Crippen LogP contribution in [0.4, 0.5) is 0 Å². The van der Waals surface area contributed by atoms with Gasteiger partial charge >= 0.3 is 0 Å². The predicted octanol–water partition coefficient (Wildman–Crippen LogP) is 3.93. The summed E-state index contributed by atoms with van der Waals surface area (Å²) in [6.45, 7) is 0. The summed E-state index contributed by atoms with van der Waals surface area (Å²) in [4.78, 5) is 8.54. The van der Waals surface area contributed by atoms with Crippen molar-refractivity contribution in [2.45, 2.75) is 0 Å². The fraction of sp³-hybridized carbons (Fsp3) is 0. The van der Waals surface area contributed by atoms with Gasteiger partial charge in [-0.15, -0.1) is 0 Å². The van der Waals surface area contributed by atoms with E-state index in [4.69, 9.17) is 11.6 Å². The number of aromatic nitrogens is 2. The minimum Gasteiger partial charge on any atom is -0.253 e. The summed E-state index contributed by atoms with van der Waals surface area (Å²) >= 11 is 6.10. The number of rotatable bonds is 0. The lowest BCUT2D eigenvalue weighted by Gasteiger charge is -2.01.